The van der Waals surface area contributed by atoms with Gasteiger partial charge in [0.15, 0.2) is 0 Å². The van der Waals surface area contributed by atoms with Gasteiger partial charge in [0.25, 0.3) is 5.56 Å². The van der Waals surface area contributed by atoms with Gasteiger partial charge in [-0.15, -0.1) is 0 Å². The van der Waals surface area contributed by atoms with Crippen molar-refractivity contribution in [1.82, 2.24) is 9.97 Å². The Balaban J connectivity index is 1.91. The second-order valence-corrected chi connectivity index (χ2v) is 11.3. The van der Waals surface area contributed by atoms with Crippen LogP contribution in [0.4, 0.5) is 5.69 Å². The zero-order valence-electron chi connectivity index (χ0n) is 19.7. The molecule has 0 unspecified atom stereocenters. The molecule has 1 heterocycles. The summed E-state index contributed by atoms with van der Waals surface area (Å²) in [5.41, 5.74) is 4.61. The number of anilines is 1. The van der Waals surface area contributed by atoms with Crippen molar-refractivity contribution in [3.05, 3.63) is 86.7 Å². The van der Waals surface area contributed by atoms with Gasteiger partial charge >= 0.3 is 5.69 Å². The highest BCUT2D eigenvalue weighted by atomic mass is 32.2. The quantitative estimate of drug-likeness (QED) is 0.401. The maximum absolute atomic E-state index is 12.5. The molecule has 7 nitrogen and oxygen atoms in total. The fraction of sp³-hybridized carbons (Fsp3) is 0.231. The van der Waals surface area contributed by atoms with Crippen LogP contribution in [0.3, 0.4) is 0 Å². The third-order valence-corrected chi connectivity index (χ3v) is 6.41. The lowest BCUT2D eigenvalue weighted by Gasteiger charge is -2.25. The van der Waals surface area contributed by atoms with Crippen LogP contribution in [0.2, 0.25) is 0 Å². The Morgan fingerprint density at radius 1 is 0.853 bits per heavy atom. The molecule has 0 saturated carbocycles. The fourth-order valence-electron chi connectivity index (χ4n) is 4.26. The van der Waals surface area contributed by atoms with Crippen molar-refractivity contribution < 1.29 is 8.42 Å². The molecule has 0 aliphatic rings. The van der Waals surface area contributed by atoms with Crippen LogP contribution in [0.15, 0.2) is 64.3 Å². The summed E-state index contributed by atoms with van der Waals surface area (Å²) in [5, 5.41) is 1.86. The molecular formula is C26H27N3O4S. The van der Waals surface area contributed by atoms with Gasteiger partial charge in [-0.3, -0.25) is 14.5 Å². The van der Waals surface area contributed by atoms with Crippen LogP contribution in [-0.2, 0) is 15.4 Å². The largest absolute Gasteiger partial charge is 0.325 e. The van der Waals surface area contributed by atoms with Gasteiger partial charge in [-0.1, -0.05) is 45.0 Å². The molecule has 4 aromatic rings. The molecular weight excluding hydrogens is 450 g/mol. The number of nitrogens with one attached hydrogen (secondary N) is 3. The van der Waals surface area contributed by atoms with Crippen LogP contribution in [0, 0.1) is 6.92 Å². The number of rotatable bonds is 4. The van der Waals surface area contributed by atoms with E-state index in [9.17, 15) is 18.0 Å². The molecule has 0 radical (unpaired) electrons. The van der Waals surface area contributed by atoms with E-state index in [2.05, 4.69) is 48.5 Å². The standard InChI is InChI=1S/C26H27N3O4S/c1-15-21(18-7-6-17-11-20(29-34(5,32)33)9-8-16(17)10-18)12-19(13-23(15)26(2,3)4)22-14-27-25(31)28-24(22)30/h6-14,29H,1-5H3,(H2,27,28,30,31). The number of aromatic amines is 2. The Bertz CT molecular complexity index is 1640. The molecule has 0 saturated heterocycles. The summed E-state index contributed by atoms with van der Waals surface area (Å²) in [5.74, 6) is 0. The van der Waals surface area contributed by atoms with Gasteiger partial charge in [-0.2, -0.15) is 0 Å². The molecule has 4 rings (SSSR count). The molecule has 0 amide bonds. The van der Waals surface area contributed by atoms with Crippen LogP contribution >= 0.6 is 0 Å². The highest BCUT2D eigenvalue weighted by Gasteiger charge is 2.21. The molecule has 0 aliphatic heterocycles. The highest BCUT2D eigenvalue weighted by molar-refractivity contribution is 7.92. The summed E-state index contributed by atoms with van der Waals surface area (Å²) in [6.07, 6.45) is 2.56. The predicted molar refractivity (Wildman–Crippen MR) is 138 cm³/mol. The van der Waals surface area contributed by atoms with Crippen molar-refractivity contribution in [3.8, 4) is 22.3 Å². The fourth-order valence-corrected chi connectivity index (χ4v) is 4.82. The normalized spacial score (nSPS) is 12.1. The molecule has 0 bridgehead atoms. The number of fused-ring (bicyclic) bond motifs is 1. The van der Waals surface area contributed by atoms with Gasteiger partial charge in [0.05, 0.1) is 11.8 Å². The van der Waals surface area contributed by atoms with E-state index in [1.165, 1.54) is 6.20 Å². The van der Waals surface area contributed by atoms with E-state index in [-0.39, 0.29) is 5.41 Å². The molecule has 1 aromatic heterocycles. The number of sulfonamides is 1. The summed E-state index contributed by atoms with van der Waals surface area (Å²) in [4.78, 5) is 28.9. The summed E-state index contributed by atoms with van der Waals surface area (Å²) < 4.78 is 25.6. The Hall–Kier alpha value is -3.65. The predicted octanol–water partition coefficient (Wildman–Crippen LogP) is 4.53. The molecule has 3 N–H and O–H groups in total. The van der Waals surface area contributed by atoms with Crippen molar-refractivity contribution >= 4 is 26.5 Å². The first-order valence-corrected chi connectivity index (χ1v) is 12.7. The van der Waals surface area contributed by atoms with E-state index >= 15 is 0 Å². The smallest absolute Gasteiger partial charge is 0.313 e. The summed E-state index contributed by atoms with van der Waals surface area (Å²) >= 11 is 0. The molecule has 3 aromatic carbocycles. The van der Waals surface area contributed by atoms with Crippen molar-refractivity contribution in [2.75, 3.05) is 11.0 Å². The molecule has 0 spiro atoms. The van der Waals surface area contributed by atoms with E-state index in [0.717, 1.165) is 44.8 Å². The van der Waals surface area contributed by atoms with Gasteiger partial charge in [0, 0.05) is 11.9 Å². The Kier molecular flexibility index (Phi) is 5.73. The lowest BCUT2D eigenvalue weighted by Crippen LogP contribution is -2.23. The number of benzene rings is 3. The van der Waals surface area contributed by atoms with E-state index in [4.69, 9.17) is 0 Å². The number of aromatic nitrogens is 2. The monoisotopic (exact) mass is 477 g/mol. The number of hydrogen-bond acceptors (Lipinski definition) is 4. The Morgan fingerprint density at radius 3 is 2.18 bits per heavy atom. The third-order valence-electron chi connectivity index (χ3n) is 5.80. The topological polar surface area (TPSA) is 112 Å². The van der Waals surface area contributed by atoms with Crippen LogP contribution in [0.25, 0.3) is 33.0 Å². The number of H-pyrrole nitrogens is 2. The third kappa shape index (κ3) is 4.82. The van der Waals surface area contributed by atoms with Crippen LogP contribution < -0.4 is 16.0 Å². The molecule has 176 valence electrons. The summed E-state index contributed by atoms with van der Waals surface area (Å²) in [6, 6.07) is 15.4. The van der Waals surface area contributed by atoms with E-state index < -0.39 is 21.3 Å². The molecule has 0 atom stereocenters. The lowest BCUT2D eigenvalue weighted by molar-refractivity contribution is 0.586. The SMILES string of the molecule is Cc1c(-c2ccc3cc(NS(C)(=O)=O)ccc3c2)cc(-c2c[nH]c(=O)[nH]c2=O)cc1C(C)(C)C. The van der Waals surface area contributed by atoms with Gasteiger partial charge in [0.2, 0.25) is 10.0 Å². The first kappa shape index (κ1) is 23.5. The van der Waals surface area contributed by atoms with E-state index in [1.54, 1.807) is 12.1 Å². The zero-order valence-corrected chi connectivity index (χ0v) is 20.6. The highest BCUT2D eigenvalue weighted by Crippen LogP contribution is 2.37. The van der Waals surface area contributed by atoms with Crippen molar-refractivity contribution in [1.29, 1.82) is 0 Å². The maximum atomic E-state index is 12.5. The minimum Gasteiger partial charge on any atom is -0.313 e. The average molecular weight is 478 g/mol. The van der Waals surface area contributed by atoms with Crippen molar-refractivity contribution in [2.45, 2.75) is 33.1 Å². The Morgan fingerprint density at radius 2 is 1.53 bits per heavy atom. The molecule has 0 aliphatic carbocycles. The van der Waals surface area contributed by atoms with Crippen LogP contribution in [0.1, 0.15) is 31.9 Å². The molecule has 8 heteroatoms. The lowest BCUT2D eigenvalue weighted by atomic mass is 9.79. The van der Waals surface area contributed by atoms with Gasteiger partial charge in [-0.25, -0.2) is 13.2 Å². The number of hydrogen-bond donors (Lipinski definition) is 3. The first-order chi connectivity index (χ1) is 15.8. The van der Waals surface area contributed by atoms with Gasteiger partial charge in [-0.05, 0) is 75.2 Å². The summed E-state index contributed by atoms with van der Waals surface area (Å²) in [6.45, 7) is 8.43. The van der Waals surface area contributed by atoms with Gasteiger partial charge < -0.3 is 4.98 Å². The molecule has 34 heavy (non-hydrogen) atoms. The second-order valence-electron chi connectivity index (χ2n) is 9.58. The Labute approximate surface area is 197 Å². The molecule has 0 fully saturated rings. The van der Waals surface area contributed by atoms with Crippen molar-refractivity contribution in [3.63, 3.8) is 0 Å². The van der Waals surface area contributed by atoms with Crippen LogP contribution in [-0.4, -0.2) is 24.6 Å². The minimum atomic E-state index is -3.36. The second kappa shape index (κ2) is 8.29. The average Bonchev–Trinajstić information content (AvgIpc) is 2.72. The van der Waals surface area contributed by atoms with E-state index in [1.807, 2.05) is 30.3 Å². The van der Waals surface area contributed by atoms with Crippen molar-refractivity contribution in [2.24, 2.45) is 0 Å². The van der Waals surface area contributed by atoms with Gasteiger partial charge in [0.1, 0.15) is 0 Å². The van der Waals surface area contributed by atoms with Crippen LogP contribution in [0.5, 0.6) is 0 Å². The maximum Gasteiger partial charge on any atom is 0.325 e. The summed E-state index contributed by atoms with van der Waals surface area (Å²) in [7, 11) is -3.36. The minimum absolute atomic E-state index is 0.174. The first-order valence-electron chi connectivity index (χ1n) is 10.8. The zero-order chi connectivity index (χ0) is 24.8. The van der Waals surface area contributed by atoms with E-state index in [0.29, 0.717) is 11.3 Å².